The van der Waals surface area contributed by atoms with Gasteiger partial charge in [0.15, 0.2) is 0 Å². The third-order valence-electron chi connectivity index (χ3n) is 3.07. The topological polar surface area (TPSA) is 20.2 Å². The summed E-state index contributed by atoms with van der Waals surface area (Å²) in [6.45, 7) is 8.13. The number of benzene rings is 1. The van der Waals surface area contributed by atoms with Gasteiger partial charge in [-0.1, -0.05) is 43.2 Å². The first kappa shape index (κ1) is 13.2. The molecule has 1 nitrogen and oxygen atoms in total. The molecule has 0 aromatic heterocycles. The second kappa shape index (κ2) is 5.49. The summed E-state index contributed by atoms with van der Waals surface area (Å²) >= 11 is 0. The lowest BCUT2D eigenvalue weighted by Crippen LogP contribution is -2.18. The van der Waals surface area contributed by atoms with Crippen LogP contribution in [0.5, 0.6) is 0 Å². The molecule has 0 fully saturated rings. The van der Waals surface area contributed by atoms with Crippen molar-refractivity contribution in [1.82, 2.24) is 0 Å². The molecule has 0 aliphatic heterocycles. The zero-order valence-electron chi connectivity index (χ0n) is 11.0. The third kappa shape index (κ3) is 4.80. The predicted octanol–water partition coefficient (Wildman–Crippen LogP) is 4.04. The van der Waals surface area contributed by atoms with Crippen LogP contribution in [0.25, 0.3) is 0 Å². The Hall–Kier alpha value is -0.820. The lowest BCUT2D eigenvalue weighted by molar-refractivity contribution is 0.0678. The van der Waals surface area contributed by atoms with Crippen LogP contribution in [0.15, 0.2) is 24.3 Å². The first-order valence-corrected chi connectivity index (χ1v) is 6.17. The summed E-state index contributed by atoms with van der Waals surface area (Å²) < 4.78 is 0. The molecule has 1 rings (SSSR count). The molecule has 1 atom stereocenters. The summed E-state index contributed by atoms with van der Waals surface area (Å²) in [7, 11) is 0. The van der Waals surface area contributed by atoms with Crippen molar-refractivity contribution in [1.29, 1.82) is 0 Å². The van der Waals surface area contributed by atoms with Crippen molar-refractivity contribution in [3.05, 3.63) is 35.4 Å². The molecule has 0 aliphatic rings. The molecule has 0 bridgehead atoms. The van der Waals surface area contributed by atoms with Gasteiger partial charge in [-0.3, -0.25) is 0 Å². The van der Waals surface area contributed by atoms with Crippen LogP contribution in [0.2, 0.25) is 0 Å². The zero-order valence-corrected chi connectivity index (χ0v) is 11.0. The van der Waals surface area contributed by atoms with Crippen molar-refractivity contribution in [3.8, 4) is 0 Å². The van der Waals surface area contributed by atoms with Gasteiger partial charge < -0.3 is 5.11 Å². The number of aliphatic hydroxyl groups is 1. The van der Waals surface area contributed by atoms with E-state index < -0.39 is 5.60 Å². The molecule has 16 heavy (non-hydrogen) atoms. The van der Waals surface area contributed by atoms with Crippen LogP contribution < -0.4 is 0 Å². The molecule has 0 amide bonds. The molecule has 0 saturated heterocycles. The molecular formula is C15H24O. The standard InChI is InChI=1S/C15H24O/c1-12-7-9-14(10-8-12)13(2)6-5-11-15(3,4)16/h7-10,13,16H,5-6,11H2,1-4H3. The maximum atomic E-state index is 9.64. The van der Waals surface area contributed by atoms with Gasteiger partial charge in [0.2, 0.25) is 0 Å². The third-order valence-corrected chi connectivity index (χ3v) is 3.07. The Morgan fingerprint density at radius 2 is 1.75 bits per heavy atom. The summed E-state index contributed by atoms with van der Waals surface area (Å²) in [6, 6.07) is 8.76. The van der Waals surface area contributed by atoms with Gasteiger partial charge in [-0.05, 0) is 45.1 Å². The van der Waals surface area contributed by atoms with E-state index in [0.717, 1.165) is 19.3 Å². The first-order chi connectivity index (χ1) is 7.38. The van der Waals surface area contributed by atoms with Gasteiger partial charge in [0, 0.05) is 0 Å². The van der Waals surface area contributed by atoms with Crippen molar-refractivity contribution in [2.45, 2.75) is 58.5 Å². The van der Waals surface area contributed by atoms with Gasteiger partial charge in [-0.25, -0.2) is 0 Å². The molecule has 1 unspecified atom stereocenters. The average molecular weight is 220 g/mol. The minimum absolute atomic E-state index is 0.521. The highest BCUT2D eigenvalue weighted by molar-refractivity contribution is 5.23. The normalized spacial score (nSPS) is 13.8. The van der Waals surface area contributed by atoms with E-state index in [1.54, 1.807) is 0 Å². The van der Waals surface area contributed by atoms with Crippen LogP contribution in [-0.2, 0) is 0 Å². The Balaban J connectivity index is 2.41. The molecular weight excluding hydrogens is 196 g/mol. The van der Waals surface area contributed by atoms with Crippen molar-refractivity contribution < 1.29 is 5.11 Å². The summed E-state index contributed by atoms with van der Waals surface area (Å²) in [6.07, 6.45) is 3.11. The minimum Gasteiger partial charge on any atom is -0.390 e. The molecule has 0 aliphatic carbocycles. The van der Waals surface area contributed by atoms with E-state index in [2.05, 4.69) is 38.1 Å². The maximum absolute atomic E-state index is 9.64. The average Bonchev–Trinajstić information content (AvgIpc) is 2.16. The molecule has 0 saturated carbocycles. The second-order valence-electron chi connectivity index (χ2n) is 5.52. The van der Waals surface area contributed by atoms with Crippen molar-refractivity contribution >= 4 is 0 Å². The first-order valence-electron chi connectivity index (χ1n) is 6.17. The summed E-state index contributed by atoms with van der Waals surface area (Å²) in [5.74, 6) is 0.586. The fourth-order valence-corrected chi connectivity index (χ4v) is 1.90. The molecule has 1 heteroatoms. The zero-order chi connectivity index (χ0) is 12.2. The number of aryl methyl sites for hydroxylation is 1. The monoisotopic (exact) mass is 220 g/mol. The van der Waals surface area contributed by atoms with E-state index in [0.29, 0.717) is 5.92 Å². The lowest BCUT2D eigenvalue weighted by Gasteiger charge is -2.18. The van der Waals surface area contributed by atoms with Crippen LogP contribution in [0.3, 0.4) is 0 Å². The lowest BCUT2D eigenvalue weighted by atomic mass is 9.92. The molecule has 1 N–H and O–H groups in total. The Morgan fingerprint density at radius 3 is 2.25 bits per heavy atom. The fourth-order valence-electron chi connectivity index (χ4n) is 1.90. The van der Waals surface area contributed by atoms with E-state index >= 15 is 0 Å². The van der Waals surface area contributed by atoms with Crippen LogP contribution in [0.1, 0.15) is 57.1 Å². The molecule has 0 heterocycles. The molecule has 1 aromatic carbocycles. The Morgan fingerprint density at radius 1 is 1.19 bits per heavy atom. The fraction of sp³-hybridized carbons (Fsp3) is 0.600. The smallest absolute Gasteiger partial charge is 0.0591 e. The highest BCUT2D eigenvalue weighted by atomic mass is 16.3. The molecule has 1 aromatic rings. The van der Waals surface area contributed by atoms with E-state index in [-0.39, 0.29) is 0 Å². The van der Waals surface area contributed by atoms with Crippen molar-refractivity contribution in [2.75, 3.05) is 0 Å². The molecule has 90 valence electrons. The Labute approximate surface area is 99.5 Å². The van der Waals surface area contributed by atoms with Gasteiger partial charge in [-0.2, -0.15) is 0 Å². The van der Waals surface area contributed by atoms with Crippen LogP contribution in [-0.4, -0.2) is 10.7 Å². The molecule has 0 radical (unpaired) electrons. The van der Waals surface area contributed by atoms with Crippen LogP contribution in [0.4, 0.5) is 0 Å². The predicted molar refractivity (Wildman–Crippen MR) is 69.7 cm³/mol. The van der Waals surface area contributed by atoms with E-state index in [9.17, 15) is 5.11 Å². The Kier molecular flexibility index (Phi) is 4.55. The van der Waals surface area contributed by atoms with Crippen LogP contribution >= 0.6 is 0 Å². The van der Waals surface area contributed by atoms with Crippen molar-refractivity contribution in [2.24, 2.45) is 0 Å². The summed E-state index contributed by atoms with van der Waals surface area (Å²) in [5.41, 5.74) is 2.20. The number of rotatable bonds is 5. The Bertz CT molecular complexity index is 305. The largest absolute Gasteiger partial charge is 0.390 e. The SMILES string of the molecule is Cc1ccc(C(C)CCCC(C)(C)O)cc1. The van der Waals surface area contributed by atoms with Crippen molar-refractivity contribution in [3.63, 3.8) is 0 Å². The van der Waals surface area contributed by atoms with Gasteiger partial charge in [-0.15, -0.1) is 0 Å². The van der Waals surface area contributed by atoms with E-state index in [4.69, 9.17) is 0 Å². The van der Waals surface area contributed by atoms with Gasteiger partial charge in [0.1, 0.15) is 0 Å². The maximum Gasteiger partial charge on any atom is 0.0591 e. The van der Waals surface area contributed by atoms with Gasteiger partial charge >= 0.3 is 0 Å². The highest BCUT2D eigenvalue weighted by Gasteiger charge is 2.13. The summed E-state index contributed by atoms with van der Waals surface area (Å²) in [4.78, 5) is 0. The quantitative estimate of drug-likeness (QED) is 0.794. The highest BCUT2D eigenvalue weighted by Crippen LogP contribution is 2.23. The number of hydrogen-bond donors (Lipinski definition) is 1. The minimum atomic E-state index is -0.521. The van der Waals surface area contributed by atoms with Gasteiger partial charge in [0.25, 0.3) is 0 Å². The molecule has 0 spiro atoms. The summed E-state index contributed by atoms with van der Waals surface area (Å²) in [5, 5.41) is 9.64. The van der Waals surface area contributed by atoms with Crippen LogP contribution in [0, 0.1) is 6.92 Å². The number of hydrogen-bond acceptors (Lipinski definition) is 1. The van der Waals surface area contributed by atoms with Gasteiger partial charge in [0.05, 0.1) is 5.60 Å². The van der Waals surface area contributed by atoms with E-state index in [1.807, 2.05) is 13.8 Å². The second-order valence-corrected chi connectivity index (χ2v) is 5.52. The van der Waals surface area contributed by atoms with E-state index in [1.165, 1.54) is 11.1 Å².